The van der Waals surface area contributed by atoms with Crippen molar-refractivity contribution in [3.63, 3.8) is 0 Å². The lowest BCUT2D eigenvalue weighted by Crippen LogP contribution is -2.41. The molecule has 1 rings (SSSR count). The zero-order valence-electron chi connectivity index (χ0n) is 12.3. The summed E-state index contributed by atoms with van der Waals surface area (Å²) in [4.78, 5) is 12.0. The van der Waals surface area contributed by atoms with Gasteiger partial charge in [0.2, 0.25) is 0 Å². The summed E-state index contributed by atoms with van der Waals surface area (Å²) in [7, 11) is 0. The van der Waals surface area contributed by atoms with Crippen LogP contribution in [0.25, 0.3) is 0 Å². The van der Waals surface area contributed by atoms with E-state index in [1.54, 1.807) is 31.2 Å². The van der Waals surface area contributed by atoms with E-state index in [1.807, 2.05) is 6.07 Å². The minimum Gasteiger partial charge on any atom is -0.388 e. The van der Waals surface area contributed by atoms with Crippen molar-refractivity contribution >= 4 is 5.91 Å². The summed E-state index contributed by atoms with van der Waals surface area (Å²) >= 11 is 0. The number of nitrogens with one attached hydrogen (secondary N) is 1. The van der Waals surface area contributed by atoms with Gasteiger partial charge in [-0.05, 0) is 37.8 Å². The number of nitriles is 1. The fourth-order valence-electron chi connectivity index (χ4n) is 1.83. The second-order valence-electron chi connectivity index (χ2n) is 5.77. The van der Waals surface area contributed by atoms with E-state index in [1.165, 1.54) is 0 Å². The third-order valence-electron chi connectivity index (χ3n) is 3.18. The molecule has 0 aromatic heterocycles. The zero-order chi connectivity index (χ0) is 15.2. The summed E-state index contributed by atoms with van der Waals surface area (Å²) in [5.74, 6) is 0.184. The fraction of sp³-hybridized carbons (Fsp3) is 0.500. The average molecular weight is 274 g/mol. The number of hydrogen-bond donors (Lipinski definition) is 2. The molecule has 1 aromatic carbocycles. The van der Waals surface area contributed by atoms with E-state index in [9.17, 15) is 9.90 Å². The molecule has 0 saturated heterocycles. The predicted molar refractivity (Wildman–Crippen MR) is 78.2 cm³/mol. The third kappa shape index (κ3) is 5.02. The van der Waals surface area contributed by atoms with Crippen molar-refractivity contribution in [3.05, 3.63) is 35.4 Å². The van der Waals surface area contributed by atoms with Gasteiger partial charge in [-0.15, -0.1) is 0 Å². The zero-order valence-corrected chi connectivity index (χ0v) is 12.3. The van der Waals surface area contributed by atoms with Gasteiger partial charge in [0.1, 0.15) is 0 Å². The number of rotatable bonds is 6. The monoisotopic (exact) mass is 274 g/mol. The van der Waals surface area contributed by atoms with Crippen LogP contribution in [0.2, 0.25) is 0 Å². The first-order valence-corrected chi connectivity index (χ1v) is 6.85. The smallest absolute Gasteiger partial charge is 0.252 e. The molecule has 2 N–H and O–H groups in total. The summed E-state index contributed by atoms with van der Waals surface area (Å²) < 4.78 is 0. The van der Waals surface area contributed by atoms with Gasteiger partial charge < -0.3 is 10.4 Å². The van der Waals surface area contributed by atoms with E-state index in [-0.39, 0.29) is 12.5 Å². The van der Waals surface area contributed by atoms with Crippen molar-refractivity contribution in [2.75, 3.05) is 6.54 Å². The third-order valence-corrected chi connectivity index (χ3v) is 3.18. The van der Waals surface area contributed by atoms with Crippen LogP contribution in [-0.4, -0.2) is 23.2 Å². The molecule has 1 atom stereocenters. The molecule has 1 aromatic rings. The van der Waals surface area contributed by atoms with E-state index in [4.69, 9.17) is 5.26 Å². The van der Waals surface area contributed by atoms with Gasteiger partial charge in [-0.3, -0.25) is 4.79 Å². The minimum absolute atomic E-state index is 0.179. The largest absolute Gasteiger partial charge is 0.388 e. The Hall–Kier alpha value is -1.86. The first kappa shape index (κ1) is 16.2. The average Bonchev–Trinajstić information content (AvgIpc) is 2.43. The Morgan fingerprint density at radius 3 is 2.70 bits per heavy atom. The molecule has 108 valence electrons. The molecular formula is C16H22N2O2. The van der Waals surface area contributed by atoms with Gasteiger partial charge >= 0.3 is 0 Å². The van der Waals surface area contributed by atoms with E-state index in [0.717, 1.165) is 6.42 Å². The molecule has 1 unspecified atom stereocenters. The number of hydrogen-bond acceptors (Lipinski definition) is 3. The number of amides is 1. The molecule has 0 heterocycles. The molecule has 0 aliphatic rings. The molecule has 0 saturated carbocycles. The summed E-state index contributed by atoms with van der Waals surface area (Å²) in [6.45, 7) is 6.08. The molecule has 4 nitrogen and oxygen atoms in total. The van der Waals surface area contributed by atoms with Crippen LogP contribution in [0, 0.1) is 17.2 Å². The maximum atomic E-state index is 12.0. The minimum atomic E-state index is -0.929. The molecular weight excluding hydrogens is 252 g/mol. The fourth-order valence-corrected chi connectivity index (χ4v) is 1.83. The number of carbonyl (C=O) groups excluding carboxylic acids is 1. The van der Waals surface area contributed by atoms with Gasteiger partial charge in [-0.25, -0.2) is 0 Å². The first-order valence-electron chi connectivity index (χ1n) is 6.85. The molecule has 0 radical (unpaired) electrons. The second-order valence-corrected chi connectivity index (χ2v) is 5.77. The predicted octanol–water partition coefficient (Wildman–Crippen LogP) is 2.48. The van der Waals surface area contributed by atoms with Crippen molar-refractivity contribution in [1.29, 1.82) is 5.26 Å². The van der Waals surface area contributed by atoms with Gasteiger partial charge in [0.15, 0.2) is 0 Å². The lowest BCUT2D eigenvalue weighted by atomic mass is 9.95. The Morgan fingerprint density at radius 1 is 1.45 bits per heavy atom. The van der Waals surface area contributed by atoms with E-state index < -0.39 is 5.60 Å². The molecule has 0 spiro atoms. The lowest BCUT2D eigenvalue weighted by molar-refractivity contribution is 0.0429. The van der Waals surface area contributed by atoms with Crippen LogP contribution in [0.15, 0.2) is 24.3 Å². The van der Waals surface area contributed by atoms with Crippen LogP contribution in [0.4, 0.5) is 0 Å². The molecule has 0 bridgehead atoms. The van der Waals surface area contributed by atoms with E-state index in [0.29, 0.717) is 23.5 Å². The standard InChI is InChI=1S/C16H22N2O2/c1-12(2)8-9-16(3,20)11-18-15(19)14-7-5-4-6-13(14)10-17/h4-7,12,20H,8-9,11H2,1-3H3,(H,18,19). The van der Waals surface area contributed by atoms with Crippen molar-refractivity contribution in [2.45, 2.75) is 39.2 Å². The Bertz CT molecular complexity index is 501. The quantitative estimate of drug-likeness (QED) is 0.837. The van der Waals surface area contributed by atoms with Crippen LogP contribution in [0.3, 0.4) is 0 Å². The van der Waals surface area contributed by atoms with Crippen LogP contribution in [-0.2, 0) is 0 Å². The number of nitrogens with zero attached hydrogens (tertiary/aromatic N) is 1. The maximum Gasteiger partial charge on any atom is 0.252 e. The van der Waals surface area contributed by atoms with E-state index in [2.05, 4.69) is 19.2 Å². The molecule has 20 heavy (non-hydrogen) atoms. The summed E-state index contributed by atoms with van der Waals surface area (Å²) in [6, 6.07) is 8.63. The highest BCUT2D eigenvalue weighted by atomic mass is 16.3. The molecule has 0 aliphatic carbocycles. The SMILES string of the molecule is CC(C)CCC(C)(O)CNC(=O)c1ccccc1C#N. The summed E-state index contributed by atoms with van der Waals surface area (Å²) in [5, 5.41) is 21.9. The molecule has 4 heteroatoms. The van der Waals surface area contributed by atoms with Crippen LogP contribution in [0.1, 0.15) is 49.5 Å². The van der Waals surface area contributed by atoms with Crippen molar-refractivity contribution in [1.82, 2.24) is 5.32 Å². The second kappa shape index (κ2) is 7.06. The lowest BCUT2D eigenvalue weighted by Gasteiger charge is -2.24. The molecule has 1 amide bonds. The first-order chi connectivity index (χ1) is 9.35. The van der Waals surface area contributed by atoms with Crippen LogP contribution < -0.4 is 5.32 Å². The van der Waals surface area contributed by atoms with Gasteiger partial charge in [-0.1, -0.05) is 26.0 Å². The van der Waals surface area contributed by atoms with E-state index >= 15 is 0 Å². The van der Waals surface area contributed by atoms with Crippen LogP contribution >= 0.6 is 0 Å². The highest BCUT2D eigenvalue weighted by Gasteiger charge is 2.22. The van der Waals surface area contributed by atoms with Crippen molar-refractivity contribution in [2.24, 2.45) is 5.92 Å². The Morgan fingerprint density at radius 2 is 2.10 bits per heavy atom. The molecule has 0 fully saturated rings. The maximum absolute atomic E-state index is 12.0. The Kier molecular flexibility index (Phi) is 5.72. The highest BCUT2D eigenvalue weighted by Crippen LogP contribution is 2.16. The summed E-state index contributed by atoms with van der Waals surface area (Å²) in [5.41, 5.74) is -0.247. The Labute approximate surface area is 120 Å². The van der Waals surface area contributed by atoms with Gasteiger partial charge in [0.05, 0.1) is 22.8 Å². The van der Waals surface area contributed by atoms with Crippen molar-refractivity contribution in [3.8, 4) is 6.07 Å². The number of aliphatic hydroxyl groups is 1. The van der Waals surface area contributed by atoms with Gasteiger partial charge in [0.25, 0.3) is 5.91 Å². The normalized spacial score (nSPS) is 13.6. The van der Waals surface area contributed by atoms with Crippen molar-refractivity contribution < 1.29 is 9.90 Å². The summed E-state index contributed by atoms with van der Waals surface area (Å²) in [6.07, 6.45) is 1.53. The number of carbonyl (C=O) groups is 1. The van der Waals surface area contributed by atoms with Gasteiger partial charge in [-0.2, -0.15) is 5.26 Å². The Balaban J connectivity index is 2.61. The highest BCUT2D eigenvalue weighted by molar-refractivity contribution is 5.96. The topological polar surface area (TPSA) is 73.1 Å². The van der Waals surface area contributed by atoms with Gasteiger partial charge in [0, 0.05) is 6.54 Å². The number of benzene rings is 1. The van der Waals surface area contributed by atoms with Crippen LogP contribution in [0.5, 0.6) is 0 Å². The molecule has 0 aliphatic heterocycles.